The second-order valence-electron chi connectivity index (χ2n) is 4.94. The Bertz CT molecular complexity index is 692. The maximum atomic E-state index is 4.88. The normalized spacial score (nSPS) is 14.0. The van der Waals surface area contributed by atoms with Crippen molar-refractivity contribution in [3.8, 4) is 11.4 Å². The summed E-state index contributed by atoms with van der Waals surface area (Å²) in [6.07, 6.45) is 3.94. The van der Waals surface area contributed by atoms with Crippen LogP contribution in [0.2, 0.25) is 0 Å². The Hall–Kier alpha value is -2.29. The molecular formula is C17H19N3. The number of anilines is 1. The van der Waals surface area contributed by atoms with Gasteiger partial charge in [-0.2, -0.15) is 0 Å². The van der Waals surface area contributed by atoms with E-state index in [0.29, 0.717) is 0 Å². The fraction of sp³-hybridized carbons (Fsp3) is 0.235. The van der Waals surface area contributed by atoms with Crippen LogP contribution >= 0.6 is 0 Å². The van der Waals surface area contributed by atoms with Crippen molar-refractivity contribution in [1.82, 2.24) is 9.55 Å². The minimum Gasteiger partial charge on any atom is -0.383 e. The van der Waals surface area contributed by atoms with Crippen LogP contribution in [0.3, 0.4) is 0 Å². The molecule has 102 valence electrons. The molecule has 3 rings (SSSR count). The summed E-state index contributed by atoms with van der Waals surface area (Å²) in [5.41, 5.74) is 5.65. The fourth-order valence-electron chi connectivity index (χ4n) is 2.77. The number of hydrogen-bond donors (Lipinski definition) is 1. The lowest BCUT2D eigenvalue weighted by molar-refractivity contribution is 0.722. The zero-order valence-electron chi connectivity index (χ0n) is 12.0. The smallest absolute Gasteiger partial charge is 0.143 e. The Morgan fingerprint density at radius 3 is 2.95 bits per heavy atom. The number of imidazole rings is 1. The molecule has 0 amide bonds. The summed E-state index contributed by atoms with van der Waals surface area (Å²) in [5, 5.41) is 3.47. The highest BCUT2D eigenvalue weighted by Crippen LogP contribution is 2.32. The van der Waals surface area contributed by atoms with E-state index in [9.17, 15) is 0 Å². The second kappa shape index (κ2) is 5.00. The Morgan fingerprint density at radius 2 is 2.20 bits per heavy atom. The zero-order chi connectivity index (χ0) is 14.1. The first kappa shape index (κ1) is 12.7. The summed E-state index contributed by atoms with van der Waals surface area (Å²) >= 11 is 0. The first-order chi connectivity index (χ1) is 9.76. The van der Waals surface area contributed by atoms with Crippen LogP contribution in [0.4, 0.5) is 5.69 Å². The van der Waals surface area contributed by atoms with E-state index in [4.69, 9.17) is 4.98 Å². The predicted octanol–water partition coefficient (Wildman–Crippen LogP) is 3.87. The van der Waals surface area contributed by atoms with Crippen molar-refractivity contribution in [1.29, 1.82) is 0 Å². The van der Waals surface area contributed by atoms with Crippen molar-refractivity contribution in [2.24, 2.45) is 0 Å². The van der Waals surface area contributed by atoms with Crippen LogP contribution in [0.15, 0.2) is 43.0 Å². The van der Waals surface area contributed by atoms with Gasteiger partial charge in [0.05, 0.1) is 5.69 Å². The van der Waals surface area contributed by atoms with Crippen LogP contribution in [0.1, 0.15) is 18.3 Å². The van der Waals surface area contributed by atoms with Crippen molar-refractivity contribution >= 4 is 11.3 Å². The second-order valence-corrected chi connectivity index (χ2v) is 4.94. The highest BCUT2D eigenvalue weighted by atomic mass is 15.1. The van der Waals surface area contributed by atoms with Crippen molar-refractivity contribution in [3.63, 3.8) is 0 Å². The molecule has 0 saturated heterocycles. The molecule has 0 radical (unpaired) electrons. The van der Waals surface area contributed by atoms with Crippen LogP contribution in [0.25, 0.3) is 17.0 Å². The van der Waals surface area contributed by atoms with E-state index < -0.39 is 0 Å². The first-order valence-corrected chi connectivity index (χ1v) is 6.95. The summed E-state index contributed by atoms with van der Waals surface area (Å²) in [5.74, 6) is 1.04. The predicted molar refractivity (Wildman–Crippen MR) is 84.7 cm³/mol. The number of benzene rings is 1. The highest BCUT2D eigenvalue weighted by Gasteiger charge is 2.20. The van der Waals surface area contributed by atoms with E-state index in [2.05, 4.69) is 53.7 Å². The molecular weight excluding hydrogens is 246 g/mol. The lowest BCUT2D eigenvalue weighted by Gasteiger charge is -2.06. The van der Waals surface area contributed by atoms with Gasteiger partial charge in [-0.25, -0.2) is 4.98 Å². The Balaban J connectivity index is 2.24. The molecule has 3 heteroatoms. The van der Waals surface area contributed by atoms with E-state index in [-0.39, 0.29) is 0 Å². The van der Waals surface area contributed by atoms with Crippen LogP contribution in [0.5, 0.6) is 0 Å². The van der Waals surface area contributed by atoms with Crippen LogP contribution in [0, 0.1) is 6.92 Å². The minimum absolute atomic E-state index is 0.917. The van der Waals surface area contributed by atoms with Gasteiger partial charge in [-0.05, 0) is 31.6 Å². The SMILES string of the molecule is C=CC(=CC)c1nc2n(c1C)CCNc1ccccc1-2. The van der Waals surface area contributed by atoms with Gasteiger partial charge in [0.15, 0.2) is 0 Å². The van der Waals surface area contributed by atoms with Crippen molar-refractivity contribution in [2.75, 3.05) is 11.9 Å². The number of nitrogens with zero attached hydrogens (tertiary/aromatic N) is 2. The van der Waals surface area contributed by atoms with E-state index in [0.717, 1.165) is 35.9 Å². The number of nitrogens with one attached hydrogen (secondary N) is 1. The van der Waals surface area contributed by atoms with Crippen LogP contribution < -0.4 is 5.32 Å². The molecule has 2 heterocycles. The largest absolute Gasteiger partial charge is 0.383 e. The van der Waals surface area contributed by atoms with Gasteiger partial charge >= 0.3 is 0 Å². The summed E-state index contributed by atoms with van der Waals surface area (Å²) in [6, 6.07) is 8.35. The number of fused-ring (bicyclic) bond motifs is 3. The third kappa shape index (κ3) is 1.86. The maximum absolute atomic E-state index is 4.88. The van der Waals surface area contributed by atoms with Gasteiger partial charge in [-0.3, -0.25) is 0 Å². The molecule has 1 aliphatic heterocycles. The van der Waals surface area contributed by atoms with E-state index >= 15 is 0 Å². The molecule has 0 fully saturated rings. The molecule has 2 aromatic rings. The fourth-order valence-corrected chi connectivity index (χ4v) is 2.77. The monoisotopic (exact) mass is 265 g/mol. The Kier molecular flexibility index (Phi) is 3.18. The molecule has 0 bridgehead atoms. The minimum atomic E-state index is 0.917. The Morgan fingerprint density at radius 1 is 1.40 bits per heavy atom. The average Bonchev–Trinajstić information content (AvgIpc) is 2.69. The molecule has 0 unspecified atom stereocenters. The quantitative estimate of drug-likeness (QED) is 0.835. The molecule has 0 spiro atoms. The average molecular weight is 265 g/mol. The molecule has 0 atom stereocenters. The summed E-state index contributed by atoms with van der Waals surface area (Å²) in [7, 11) is 0. The molecule has 1 aromatic heterocycles. The van der Waals surface area contributed by atoms with Crippen LogP contribution in [-0.2, 0) is 6.54 Å². The van der Waals surface area contributed by atoms with Gasteiger partial charge in [0, 0.05) is 30.0 Å². The lowest BCUT2D eigenvalue weighted by Crippen LogP contribution is -2.09. The van der Waals surface area contributed by atoms with Gasteiger partial charge in [0.25, 0.3) is 0 Å². The maximum Gasteiger partial charge on any atom is 0.143 e. The van der Waals surface area contributed by atoms with Crippen molar-refractivity contribution < 1.29 is 0 Å². The molecule has 3 nitrogen and oxygen atoms in total. The van der Waals surface area contributed by atoms with Gasteiger partial charge in [-0.1, -0.05) is 30.9 Å². The molecule has 0 saturated carbocycles. The first-order valence-electron chi connectivity index (χ1n) is 6.95. The van der Waals surface area contributed by atoms with Crippen LogP contribution in [-0.4, -0.2) is 16.1 Å². The number of rotatable bonds is 2. The molecule has 1 aliphatic rings. The van der Waals surface area contributed by atoms with Crippen molar-refractivity contribution in [2.45, 2.75) is 20.4 Å². The van der Waals surface area contributed by atoms with E-state index in [1.807, 2.05) is 13.0 Å². The summed E-state index contributed by atoms with van der Waals surface area (Å²) in [4.78, 5) is 4.88. The highest BCUT2D eigenvalue weighted by molar-refractivity contribution is 5.79. The molecule has 1 N–H and O–H groups in total. The molecule has 1 aromatic carbocycles. The summed E-state index contributed by atoms with van der Waals surface area (Å²) in [6.45, 7) is 9.89. The van der Waals surface area contributed by atoms with E-state index in [1.54, 1.807) is 0 Å². The van der Waals surface area contributed by atoms with Gasteiger partial charge in [-0.15, -0.1) is 0 Å². The molecule has 0 aliphatic carbocycles. The van der Waals surface area contributed by atoms with Gasteiger partial charge < -0.3 is 9.88 Å². The Labute approximate surface area is 119 Å². The summed E-state index contributed by atoms with van der Waals surface area (Å²) < 4.78 is 2.29. The standard InChI is InChI=1S/C17H19N3/c1-4-13(5-2)16-12(3)20-11-10-18-15-9-7-6-8-14(15)17(20)19-16/h4-9,18H,1,10-11H2,2-3H3. The van der Waals surface area contributed by atoms with E-state index in [1.165, 1.54) is 11.3 Å². The van der Waals surface area contributed by atoms with Crippen molar-refractivity contribution in [3.05, 3.63) is 54.4 Å². The number of allylic oxidation sites excluding steroid dienone is 3. The third-order valence-corrected chi connectivity index (χ3v) is 3.84. The third-order valence-electron chi connectivity index (χ3n) is 3.84. The topological polar surface area (TPSA) is 29.9 Å². The van der Waals surface area contributed by atoms with Gasteiger partial charge in [0.1, 0.15) is 5.82 Å². The number of hydrogen-bond acceptors (Lipinski definition) is 2. The van der Waals surface area contributed by atoms with Gasteiger partial charge in [0.2, 0.25) is 0 Å². The number of aromatic nitrogens is 2. The lowest BCUT2D eigenvalue weighted by atomic mass is 10.1. The zero-order valence-corrected chi connectivity index (χ0v) is 12.0. The number of para-hydroxylation sites is 1. The molecule has 20 heavy (non-hydrogen) atoms.